The van der Waals surface area contributed by atoms with Gasteiger partial charge in [-0.1, -0.05) is 31.0 Å². The van der Waals surface area contributed by atoms with Crippen LogP contribution in [0.5, 0.6) is 0 Å². The van der Waals surface area contributed by atoms with Crippen molar-refractivity contribution in [2.75, 3.05) is 16.8 Å². The first-order chi connectivity index (χ1) is 10.4. The maximum Gasteiger partial charge on any atom is 0.231 e. The fourth-order valence-corrected chi connectivity index (χ4v) is 2.89. The van der Waals surface area contributed by atoms with E-state index in [1.54, 1.807) is 0 Å². The molecule has 0 unspecified atom stereocenters. The van der Waals surface area contributed by atoms with Crippen molar-refractivity contribution >= 4 is 17.5 Å². The summed E-state index contributed by atoms with van der Waals surface area (Å²) in [6.45, 7) is 2.96. The Morgan fingerprint density at radius 3 is 2.62 bits per heavy atom. The summed E-state index contributed by atoms with van der Waals surface area (Å²) in [5, 5.41) is 3.53. The van der Waals surface area contributed by atoms with E-state index in [9.17, 15) is 0 Å². The second-order valence-electron chi connectivity index (χ2n) is 5.45. The van der Waals surface area contributed by atoms with Gasteiger partial charge in [0.1, 0.15) is 5.82 Å². The average molecular weight is 282 g/mol. The Balaban J connectivity index is 1.80. The summed E-state index contributed by atoms with van der Waals surface area (Å²) in [5.41, 5.74) is 1.12. The lowest BCUT2D eigenvalue weighted by Crippen LogP contribution is -2.20. The number of anilines is 3. The maximum absolute atomic E-state index is 4.69. The molecule has 0 atom stereocenters. The molecule has 0 radical (unpaired) electrons. The third-order valence-corrected chi connectivity index (χ3v) is 3.98. The van der Waals surface area contributed by atoms with Crippen LogP contribution in [0, 0.1) is 0 Å². The lowest BCUT2D eigenvalue weighted by atomic mass is 10.2. The topological polar surface area (TPSA) is 41.1 Å². The van der Waals surface area contributed by atoms with E-state index in [0.29, 0.717) is 6.04 Å². The zero-order chi connectivity index (χ0) is 14.5. The molecule has 1 aromatic heterocycles. The minimum atomic E-state index is 0.569. The molecule has 21 heavy (non-hydrogen) atoms. The van der Waals surface area contributed by atoms with E-state index in [-0.39, 0.29) is 0 Å². The van der Waals surface area contributed by atoms with Crippen molar-refractivity contribution in [1.29, 1.82) is 0 Å². The number of nitrogens with one attached hydrogen (secondary N) is 1. The zero-order valence-electron chi connectivity index (χ0n) is 12.5. The molecule has 0 aliphatic heterocycles. The standard InChI is InChI=1S/C17H22N4/c1-2-21(15-10-4-3-5-11-15)17-18-13-12-16(20-17)19-14-8-6-7-9-14/h3-5,10-14H,2,6-9H2,1H3,(H,18,19,20). The molecule has 110 valence electrons. The lowest BCUT2D eigenvalue weighted by molar-refractivity contribution is 0.749. The average Bonchev–Trinajstić information content (AvgIpc) is 3.02. The van der Waals surface area contributed by atoms with Crippen LogP contribution in [-0.2, 0) is 0 Å². The van der Waals surface area contributed by atoms with Crippen LogP contribution in [0.4, 0.5) is 17.5 Å². The summed E-state index contributed by atoms with van der Waals surface area (Å²) in [5.74, 6) is 1.69. The Bertz CT molecular complexity index is 564. The predicted octanol–water partition coefficient (Wildman–Crippen LogP) is 3.99. The lowest BCUT2D eigenvalue weighted by Gasteiger charge is -2.22. The smallest absolute Gasteiger partial charge is 0.231 e. The van der Waals surface area contributed by atoms with Gasteiger partial charge in [-0.3, -0.25) is 0 Å². The first kappa shape index (κ1) is 13.9. The van der Waals surface area contributed by atoms with Crippen molar-refractivity contribution in [3.8, 4) is 0 Å². The van der Waals surface area contributed by atoms with Gasteiger partial charge in [0.05, 0.1) is 0 Å². The van der Waals surface area contributed by atoms with E-state index in [4.69, 9.17) is 0 Å². The molecule has 1 aromatic carbocycles. The minimum Gasteiger partial charge on any atom is -0.367 e. The summed E-state index contributed by atoms with van der Waals surface area (Å²) in [7, 11) is 0. The van der Waals surface area contributed by atoms with Crippen molar-refractivity contribution in [1.82, 2.24) is 9.97 Å². The molecular formula is C17H22N4. The van der Waals surface area contributed by atoms with Crippen LogP contribution in [0.2, 0.25) is 0 Å². The van der Waals surface area contributed by atoms with Crippen molar-refractivity contribution in [2.24, 2.45) is 0 Å². The Kier molecular flexibility index (Phi) is 4.34. The van der Waals surface area contributed by atoms with E-state index >= 15 is 0 Å². The molecule has 0 saturated heterocycles. The molecule has 0 spiro atoms. The monoisotopic (exact) mass is 282 g/mol. The van der Waals surface area contributed by atoms with Crippen LogP contribution < -0.4 is 10.2 Å². The number of rotatable bonds is 5. The highest BCUT2D eigenvalue weighted by Gasteiger charge is 2.16. The Hall–Kier alpha value is -2.10. The largest absolute Gasteiger partial charge is 0.367 e. The summed E-state index contributed by atoms with van der Waals surface area (Å²) >= 11 is 0. The Morgan fingerprint density at radius 1 is 1.14 bits per heavy atom. The van der Waals surface area contributed by atoms with Gasteiger partial charge in [0.2, 0.25) is 5.95 Å². The van der Waals surface area contributed by atoms with Crippen molar-refractivity contribution in [3.05, 3.63) is 42.6 Å². The van der Waals surface area contributed by atoms with Crippen LogP contribution in [-0.4, -0.2) is 22.6 Å². The fourth-order valence-electron chi connectivity index (χ4n) is 2.89. The van der Waals surface area contributed by atoms with Crippen LogP contribution in [0.15, 0.2) is 42.6 Å². The summed E-state index contributed by atoms with van der Waals surface area (Å²) < 4.78 is 0. The van der Waals surface area contributed by atoms with E-state index in [1.165, 1.54) is 25.7 Å². The number of hydrogen-bond donors (Lipinski definition) is 1. The third kappa shape index (κ3) is 3.32. The molecule has 1 saturated carbocycles. The summed E-state index contributed by atoms with van der Waals surface area (Å²) in [4.78, 5) is 11.2. The third-order valence-electron chi connectivity index (χ3n) is 3.98. The van der Waals surface area contributed by atoms with Gasteiger partial charge in [-0.25, -0.2) is 4.98 Å². The molecule has 0 amide bonds. The first-order valence-electron chi connectivity index (χ1n) is 7.79. The molecule has 1 aliphatic rings. The molecule has 1 fully saturated rings. The van der Waals surface area contributed by atoms with Crippen molar-refractivity contribution in [3.63, 3.8) is 0 Å². The number of aromatic nitrogens is 2. The SMILES string of the molecule is CCN(c1ccccc1)c1nccc(NC2CCCC2)n1. The maximum atomic E-state index is 4.69. The fraction of sp³-hybridized carbons (Fsp3) is 0.412. The Labute approximate surface area is 126 Å². The molecular weight excluding hydrogens is 260 g/mol. The number of hydrogen-bond acceptors (Lipinski definition) is 4. The predicted molar refractivity (Wildman–Crippen MR) is 87.0 cm³/mol. The van der Waals surface area contributed by atoms with Crippen LogP contribution >= 0.6 is 0 Å². The molecule has 1 N–H and O–H groups in total. The molecule has 3 rings (SSSR count). The molecule has 1 heterocycles. The van der Waals surface area contributed by atoms with E-state index < -0.39 is 0 Å². The van der Waals surface area contributed by atoms with Crippen LogP contribution in [0.25, 0.3) is 0 Å². The number of para-hydroxylation sites is 1. The number of nitrogens with zero attached hydrogens (tertiary/aromatic N) is 3. The van der Waals surface area contributed by atoms with Gasteiger partial charge >= 0.3 is 0 Å². The van der Waals surface area contributed by atoms with Gasteiger partial charge in [0.15, 0.2) is 0 Å². The summed E-state index contributed by atoms with van der Waals surface area (Å²) in [6.07, 6.45) is 6.97. The van der Waals surface area contributed by atoms with Gasteiger partial charge < -0.3 is 10.2 Å². The molecule has 4 nitrogen and oxygen atoms in total. The zero-order valence-corrected chi connectivity index (χ0v) is 12.5. The normalized spacial score (nSPS) is 15.1. The van der Waals surface area contributed by atoms with Crippen LogP contribution in [0.1, 0.15) is 32.6 Å². The second kappa shape index (κ2) is 6.57. The highest BCUT2D eigenvalue weighted by Crippen LogP contribution is 2.24. The number of benzene rings is 1. The van der Waals surface area contributed by atoms with Gasteiger partial charge in [-0.15, -0.1) is 0 Å². The van der Waals surface area contributed by atoms with E-state index in [2.05, 4.69) is 39.2 Å². The molecule has 0 bridgehead atoms. The van der Waals surface area contributed by atoms with Crippen molar-refractivity contribution in [2.45, 2.75) is 38.6 Å². The van der Waals surface area contributed by atoms with Crippen molar-refractivity contribution < 1.29 is 0 Å². The molecule has 2 aromatic rings. The van der Waals surface area contributed by atoms with Gasteiger partial charge in [-0.05, 0) is 38.0 Å². The molecule has 4 heteroatoms. The van der Waals surface area contributed by atoms with E-state index in [0.717, 1.165) is 24.0 Å². The highest BCUT2D eigenvalue weighted by molar-refractivity contribution is 5.58. The second-order valence-corrected chi connectivity index (χ2v) is 5.45. The van der Waals surface area contributed by atoms with Gasteiger partial charge in [0, 0.05) is 24.5 Å². The van der Waals surface area contributed by atoms with Crippen LogP contribution in [0.3, 0.4) is 0 Å². The minimum absolute atomic E-state index is 0.569. The van der Waals surface area contributed by atoms with E-state index in [1.807, 2.05) is 30.5 Å². The molecule has 1 aliphatic carbocycles. The van der Waals surface area contributed by atoms with Gasteiger partial charge in [0.25, 0.3) is 0 Å². The van der Waals surface area contributed by atoms with Gasteiger partial charge in [-0.2, -0.15) is 4.98 Å². The first-order valence-corrected chi connectivity index (χ1v) is 7.79. The Morgan fingerprint density at radius 2 is 1.90 bits per heavy atom. The quantitative estimate of drug-likeness (QED) is 0.900. The highest BCUT2D eigenvalue weighted by atomic mass is 15.3. The summed E-state index contributed by atoms with van der Waals surface area (Å²) in [6, 6.07) is 12.8.